The van der Waals surface area contributed by atoms with E-state index in [1.165, 1.54) is 12.8 Å². The van der Waals surface area contributed by atoms with Gasteiger partial charge in [-0.1, -0.05) is 20.3 Å². The van der Waals surface area contributed by atoms with Crippen molar-refractivity contribution in [1.82, 2.24) is 9.80 Å². The SMILES string of the molecule is CC1(C)CCCC(N2CCC(=O)N3CCCC3C2=O)C1. The highest BCUT2D eigenvalue weighted by molar-refractivity contribution is 5.90. The standard InChI is InChI=1S/C16H26N2O2/c1-16(2)8-3-5-12(11-16)17-10-7-14(19)18-9-4-6-13(18)15(17)20/h12-13H,3-11H2,1-2H3. The molecule has 2 saturated heterocycles. The zero-order chi connectivity index (χ0) is 14.3. The third-order valence-electron chi connectivity index (χ3n) is 5.33. The Morgan fingerprint density at radius 2 is 1.85 bits per heavy atom. The van der Waals surface area contributed by atoms with E-state index in [-0.39, 0.29) is 17.9 Å². The molecular formula is C16H26N2O2. The summed E-state index contributed by atoms with van der Waals surface area (Å²) in [6, 6.07) is 0.189. The number of hydrogen-bond acceptors (Lipinski definition) is 2. The van der Waals surface area contributed by atoms with E-state index >= 15 is 0 Å². The quantitative estimate of drug-likeness (QED) is 0.737. The summed E-state index contributed by atoms with van der Waals surface area (Å²) in [6.07, 6.45) is 6.99. The highest BCUT2D eigenvalue weighted by atomic mass is 16.2. The molecule has 2 unspecified atom stereocenters. The Hall–Kier alpha value is -1.06. The van der Waals surface area contributed by atoms with Crippen molar-refractivity contribution in [1.29, 1.82) is 0 Å². The molecule has 0 aromatic heterocycles. The number of amides is 2. The summed E-state index contributed by atoms with van der Waals surface area (Å²) in [7, 11) is 0. The average molecular weight is 278 g/mol. The molecule has 0 bridgehead atoms. The van der Waals surface area contributed by atoms with Gasteiger partial charge in [0.25, 0.3) is 0 Å². The van der Waals surface area contributed by atoms with Crippen LogP contribution in [0.1, 0.15) is 58.8 Å². The normalized spacial score (nSPS) is 34.1. The highest BCUT2D eigenvalue weighted by Crippen LogP contribution is 2.38. The van der Waals surface area contributed by atoms with E-state index in [9.17, 15) is 9.59 Å². The fourth-order valence-corrected chi connectivity index (χ4v) is 4.27. The van der Waals surface area contributed by atoms with E-state index in [0.717, 1.165) is 32.2 Å². The van der Waals surface area contributed by atoms with Gasteiger partial charge in [0, 0.05) is 25.6 Å². The Morgan fingerprint density at radius 3 is 2.60 bits per heavy atom. The zero-order valence-corrected chi connectivity index (χ0v) is 12.7. The molecule has 2 atom stereocenters. The smallest absolute Gasteiger partial charge is 0.245 e. The van der Waals surface area contributed by atoms with E-state index in [1.54, 1.807) is 0 Å². The maximum Gasteiger partial charge on any atom is 0.245 e. The molecule has 20 heavy (non-hydrogen) atoms. The molecule has 1 aliphatic carbocycles. The van der Waals surface area contributed by atoms with Gasteiger partial charge in [-0.3, -0.25) is 9.59 Å². The Morgan fingerprint density at radius 1 is 1.05 bits per heavy atom. The fourth-order valence-electron chi connectivity index (χ4n) is 4.27. The van der Waals surface area contributed by atoms with Gasteiger partial charge in [-0.15, -0.1) is 0 Å². The van der Waals surface area contributed by atoms with Crippen LogP contribution >= 0.6 is 0 Å². The lowest BCUT2D eigenvalue weighted by Crippen LogP contribution is -2.49. The predicted octanol–water partition coefficient (Wildman–Crippen LogP) is 2.18. The van der Waals surface area contributed by atoms with E-state index in [4.69, 9.17) is 0 Å². The van der Waals surface area contributed by atoms with Gasteiger partial charge in [-0.25, -0.2) is 0 Å². The van der Waals surface area contributed by atoms with Gasteiger partial charge in [0.15, 0.2) is 0 Å². The van der Waals surface area contributed by atoms with Gasteiger partial charge in [-0.2, -0.15) is 0 Å². The molecule has 0 radical (unpaired) electrons. The highest BCUT2D eigenvalue weighted by Gasteiger charge is 2.42. The van der Waals surface area contributed by atoms with Crippen LogP contribution in [-0.2, 0) is 9.59 Å². The molecule has 2 heterocycles. The fraction of sp³-hybridized carbons (Fsp3) is 0.875. The van der Waals surface area contributed by atoms with Gasteiger partial charge >= 0.3 is 0 Å². The van der Waals surface area contributed by atoms with Crippen LogP contribution in [0.3, 0.4) is 0 Å². The zero-order valence-electron chi connectivity index (χ0n) is 12.7. The molecule has 4 heteroatoms. The minimum absolute atomic E-state index is 0.157. The summed E-state index contributed by atoms with van der Waals surface area (Å²) >= 11 is 0. The Kier molecular flexibility index (Phi) is 3.51. The second kappa shape index (κ2) is 5.05. The molecule has 3 aliphatic rings. The van der Waals surface area contributed by atoms with Gasteiger partial charge < -0.3 is 9.80 Å². The first-order valence-electron chi connectivity index (χ1n) is 8.08. The summed E-state index contributed by atoms with van der Waals surface area (Å²) in [5.74, 6) is 0.398. The van der Waals surface area contributed by atoms with Crippen molar-refractivity contribution < 1.29 is 9.59 Å². The minimum atomic E-state index is -0.157. The number of rotatable bonds is 1. The molecule has 4 nitrogen and oxygen atoms in total. The molecule has 2 amide bonds. The van der Waals surface area contributed by atoms with Gasteiger partial charge in [-0.05, 0) is 37.5 Å². The lowest BCUT2D eigenvalue weighted by Gasteiger charge is -2.41. The largest absolute Gasteiger partial charge is 0.337 e. The van der Waals surface area contributed by atoms with Gasteiger partial charge in [0.05, 0.1) is 0 Å². The summed E-state index contributed by atoms with van der Waals surface area (Å²) in [6.45, 7) is 6.01. The van der Waals surface area contributed by atoms with Crippen LogP contribution in [0.25, 0.3) is 0 Å². The lowest BCUT2D eigenvalue weighted by atomic mass is 9.74. The molecule has 112 valence electrons. The monoisotopic (exact) mass is 278 g/mol. The maximum atomic E-state index is 12.8. The van der Waals surface area contributed by atoms with Crippen molar-refractivity contribution in [3.05, 3.63) is 0 Å². The van der Waals surface area contributed by atoms with Crippen LogP contribution < -0.4 is 0 Å². The topological polar surface area (TPSA) is 40.6 Å². The number of nitrogens with zero attached hydrogens (tertiary/aromatic N) is 2. The van der Waals surface area contributed by atoms with Gasteiger partial charge in [0.2, 0.25) is 11.8 Å². The average Bonchev–Trinajstić information content (AvgIpc) is 2.82. The first kappa shape index (κ1) is 13.9. The van der Waals surface area contributed by atoms with Crippen LogP contribution in [0.4, 0.5) is 0 Å². The van der Waals surface area contributed by atoms with Crippen molar-refractivity contribution in [2.24, 2.45) is 5.41 Å². The lowest BCUT2D eigenvalue weighted by molar-refractivity contribution is -0.141. The van der Waals surface area contributed by atoms with Crippen LogP contribution in [0.5, 0.6) is 0 Å². The molecule has 0 aromatic carbocycles. The first-order chi connectivity index (χ1) is 9.48. The molecule has 0 aromatic rings. The van der Waals surface area contributed by atoms with Crippen molar-refractivity contribution in [3.8, 4) is 0 Å². The van der Waals surface area contributed by atoms with E-state index < -0.39 is 0 Å². The predicted molar refractivity (Wildman–Crippen MR) is 77.1 cm³/mol. The van der Waals surface area contributed by atoms with Crippen molar-refractivity contribution in [2.75, 3.05) is 13.1 Å². The number of carbonyl (C=O) groups is 2. The van der Waals surface area contributed by atoms with Crippen molar-refractivity contribution in [3.63, 3.8) is 0 Å². The molecule has 3 rings (SSSR count). The van der Waals surface area contributed by atoms with Crippen molar-refractivity contribution >= 4 is 11.8 Å². The number of fused-ring (bicyclic) bond motifs is 1. The molecule has 0 N–H and O–H groups in total. The Bertz CT molecular complexity index is 419. The molecule has 3 fully saturated rings. The molecular weight excluding hydrogens is 252 g/mol. The Balaban J connectivity index is 1.79. The van der Waals surface area contributed by atoms with Crippen LogP contribution in [0.2, 0.25) is 0 Å². The van der Waals surface area contributed by atoms with E-state index in [0.29, 0.717) is 24.4 Å². The number of carbonyl (C=O) groups excluding carboxylic acids is 2. The van der Waals surface area contributed by atoms with Crippen LogP contribution in [0.15, 0.2) is 0 Å². The van der Waals surface area contributed by atoms with Crippen LogP contribution in [-0.4, -0.2) is 46.8 Å². The van der Waals surface area contributed by atoms with E-state index in [1.807, 2.05) is 4.90 Å². The third-order valence-corrected chi connectivity index (χ3v) is 5.33. The number of hydrogen-bond donors (Lipinski definition) is 0. The summed E-state index contributed by atoms with van der Waals surface area (Å²) in [4.78, 5) is 28.8. The molecule has 1 saturated carbocycles. The molecule has 0 spiro atoms. The van der Waals surface area contributed by atoms with Gasteiger partial charge in [0.1, 0.15) is 6.04 Å². The Labute approximate surface area is 121 Å². The second-order valence-corrected chi connectivity index (χ2v) is 7.44. The minimum Gasteiger partial charge on any atom is -0.337 e. The first-order valence-corrected chi connectivity index (χ1v) is 8.08. The summed E-state index contributed by atoms with van der Waals surface area (Å²) in [5.41, 5.74) is 0.328. The summed E-state index contributed by atoms with van der Waals surface area (Å²) < 4.78 is 0. The van der Waals surface area contributed by atoms with Crippen LogP contribution in [0, 0.1) is 5.41 Å². The second-order valence-electron chi connectivity index (χ2n) is 7.44. The maximum absolute atomic E-state index is 12.8. The molecule has 2 aliphatic heterocycles. The third kappa shape index (κ3) is 2.45. The van der Waals surface area contributed by atoms with E-state index in [2.05, 4.69) is 18.7 Å². The summed E-state index contributed by atoms with van der Waals surface area (Å²) in [5, 5.41) is 0. The van der Waals surface area contributed by atoms with Crippen molar-refractivity contribution in [2.45, 2.75) is 70.9 Å².